The lowest BCUT2D eigenvalue weighted by atomic mass is 9.85. The van der Waals surface area contributed by atoms with Crippen molar-refractivity contribution in [2.45, 2.75) is 294 Å². The van der Waals surface area contributed by atoms with Gasteiger partial charge in [-0.2, -0.15) is 0 Å². The summed E-state index contributed by atoms with van der Waals surface area (Å²) in [5.74, 6) is -1.09. The minimum atomic E-state index is -5.12. The van der Waals surface area contributed by atoms with Crippen LogP contribution in [0.4, 0.5) is 0 Å². The van der Waals surface area contributed by atoms with Gasteiger partial charge in [0.2, 0.25) is 0 Å². The third-order valence-corrected chi connectivity index (χ3v) is 13.8. The van der Waals surface area contributed by atoms with Crippen molar-refractivity contribution in [3.8, 4) is 0 Å². The second kappa shape index (κ2) is 42.5. The van der Waals surface area contributed by atoms with E-state index in [9.17, 15) is 44.6 Å². The lowest BCUT2D eigenvalue weighted by Crippen LogP contribution is -2.64. The minimum absolute atomic E-state index is 0.0912. The number of aliphatic hydroxyl groups excluding tert-OH is 5. The predicted molar refractivity (Wildman–Crippen MR) is 263 cm³/mol. The Morgan fingerprint density at radius 1 is 0.455 bits per heavy atom. The first kappa shape index (κ1) is 62.6. The van der Waals surface area contributed by atoms with Crippen molar-refractivity contribution in [1.82, 2.24) is 0 Å². The quantitative estimate of drug-likeness (QED) is 0.0145. The maximum atomic E-state index is 12.9. The zero-order valence-corrected chi connectivity index (χ0v) is 42.7. The Hall–Kier alpha value is -1.41. The van der Waals surface area contributed by atoms with Gasteiger partial charge in [-0.25, -0.2) is 4.57 Å². The van der Waals surface area contributed by atoms with Gasteiger partial charge in [-0.1, -0.05) is 212 Å². The summed E-state index contributed by atoms with van der Waals surface area (Å²) >= 11 is 0. The number of rotatable bonds is 46. The summed E-state index contributed by atoms with van der Waals surface area (Å²) in [5, 5.41) is 50.3. The van der Waals surface area contributed by atoms with Crippen LogP contribution >= 0.6 is 7.82 Å². The summed E-state index contributed by atoms with van der Waals surface area (Å²) in [4.78, 5) is 35.8. The highest BCUT2D eigenvalue weighted by Crippen LogP contribution is 2.47. The molecular weight excluding hydrogens is 864 g/mol. The van der Waals surface area contributed by atoms with Crippen LogP contribution in [0, 0.1) is 0 Å². The smallest absolute Gasteiger partial charge is 0.462 e. The molecule has 1 saturated carbocycles. The van der Waals surface area contributed by atoms with E-state index in [0.29, 0.717) is 12.8 Å². The number of carbonyl (C=O) groups is 2. The molecule has 0 heterocycles. The molecule has 0 aromatic heterocycles. The van der Waals surface area contributed by atoms with E-state index >= 15 is 0 Å². The molecule has 1 aliphatic carbocycles. The van der Waals surface area contributed by atoms with Crippen LogP contribution in [0.15, 0.2) is 12.2 Å². The minimum Gasteiger partial charge on any atom is -0.462 e. The van der Waals surface area contributed by atoms with Gasteiger partial charge in [-0.05, 0) is 38.5 Å². The summed E-state index contributed by atoms with van der Waals surface area (Å²) in [7, 11) is -5.12. The molecule has 0 aliphatic heterocycles. The van der Waals surface area contributed by atoms with Crippen molar-refractivity contribution in [3.63, 3.8) is 0 Å². The molecule has 390 valence electrons. The molecule has 6 N–H and O–H groups in total. The van der Waals surface area contributed by atoms with Crippen molar-refractivity contribution in [2.75, 3.05) is 13.2 Å². The first-order chi connectivity index (χ1) is 31.9. The standard InChI is InChI=1S/C52H99O13P/c1-3-5-7-9-11-13-15-17-19-20-21-22-23-24-25-27-28-30-32-34-36-38-40-45(53)62-42-44(43-63-66(60,61)65-52-50(58)48(56)47(55)49(57)51(52)59)64-46(54)41-39-37-35-33-31-29-26-18-16-14-12-10-8-6-4-2/h18,26,44,47-52,55-59H,3-17,19-25,27-43H2,1-2H3,(H,60,61)/b26-18+/t44-,47?,48-,49?,50?,51?,52?/m0/s1. The summed E-state index contributed by atoms with van der Waals surface area (Å²) in [6.45, 7) is 3.33. The molecule has 0 saturated heterocycles. The first-order valence-electron chi connectivity index (χ1n) is 27.0. The average Bonchev–Trinajstić information content (AvgIpc) is 3.30. The Balaban J connectivity index is 2.34. The van der Waals surface area contributed by atoms with Crippen LogP contribution in [-0.2, 0) is 32.7 Å². The molecule has 1 fully saturated rings. The van der Waals surface area contributed by atoms with Crippen molar-refractivity contribution >= 4 is 19.8 Å². The van der Waals surface area contributed by atoms with Crippen molar-refractivity contribution in [3.05, 3.63) is 12.2 Å². The van der Waals surface area contributed by atoms with Gasteiger partial charge < -0.3 is 39.9 Å². The van der Waals surface area contributed by atoms with E-state index < -0.39 is 75.7 Å². The molecule has 1 rings (SSSR count). The monoisotopic (exact) mass is 963 g/mol. The van der Waals surface area contributed by atoms with Crippen LogP contribution in [-0.4, -0.2) is 98.3 Å². The number of ether oxygens (including phenoxy) is 2. The van der Waals surface area contributed by atoms with Gasteiger partial charge in [-0.15, -0.1) is 0 Å². The maximum absolute atomic E-state index is 12.9. The highest BCUT2D eigenvalue weighted by molar-refractivity contribution is 7.47. The molecule has 0 amide bonds. The van der Waals surface area contributed by atoms with Crippen LogP contribution in [0.5, 0.6) is 0 Å². The number of allylic oxidation sites excluding steroid dienone is 2. The lowest BCUT2D eigenvalue weighted by Gasteiger charge is -2.41. The number of unbranched alkanes of at least 4 members (excludes halogenated alkanes) is 32. The van der Waals surface area contributed by atoms with Gasteiger partial charge in [0.25, 0.3) is 0 Å². The summed E-state index contributed by atoms with van der Waals surface area (Å²) < 4.78 is 33.7. The Bertz CT molecular complexity index is 1200. The molecule has 14 heteroatoms. The van der Waals surface area contributed by atoms with Crippen LogP contribution < -0.4 is 0 Å². The predicted octanol–water partition coefficient (Wildman–Crippen LogP) is 11.8. The van der Waals surface area contributed by atoms with Gasteiger partial charge in [0.15, 0.2) is 6.10 Å². The molecule has 1 aliphatic rings. The Kier molecular flexibility index (Phi) is 40.3. The molecular formula is C52H99O13P. The highest BCUT2D eigenvalue weighted by Gasteiger charge is 2.51. The van der Waals surface area contributed by atoms with Crippen LogP contribution in [0.1, 0.15) is 251 Å². The number of aliphatic hydroxyl groups is 5. The fourth-order valence-electron chi connectivity index (χ4n) is 8.52. The topological polar surface area (TPSA) is 210 Å². The summed E-state index contributed by atoms with van der Waals surface area (Å²) in [6, 6.07) is 0. The molecule has 0 aromatic carbocycles. The van der Waals surface area contributed by atoms with Crippen molar-refractivity contribution < 1.29 is 63.1 Å². The van der Waals surface area contributed by atoms with Crippen LogP contribution in [0.3, 0.4) is 0 Å². The zero-order valence-electron chi connectivity index (χ0n) is 41.8. The van der Waals surface area contributed by atoms with Gasteiger partial charge >= 0.3 is 19.8 Å². The molecule has 8 atom stereocenters. The second-order valence-electron chi connectivity index (χ2n) is 19.1. The fraction of sp³-hybridized carbons (Fsp3) is 0.923. The van der Waals surface area contributed by atoms with Gasteiger partial charge in [-0.3, -0.25) is 18.6 Å². The molecule has 0 aromatic rings. The normalized spacial score (nSPS) is 21.3. The third-order valence-electron chi connectivity index (χ3n) is 12.9. The Morgan fingerprint density at radius 3 is 1.15 bits per heavy atom. The number of carbonyl (C=O) groups excluding carboxylic acids is 2. The molecule has 66 heavy (non-hydrogen) atoms. The highest BCUT2D eigenvalue weighted by atomic mass is 31.2. The Morgan fingerprint density at radius 2 is 0.773 bits per heavy atom. The number of esters is 2. The van der Waals surface area contributed by atoms with Crippen LogP contribution in [0.2, 0.25) is 0 Å². The van der Waals surface area contributed by atoms with E-state index in [2.05, 4.69) is 26.0 Å². The van der Waals surface area contributed by atoms with Crippen molar-refractivity contribution in [2.24, 2.45) is 0 Å². The van der Waals surface area contributed by atoms with E-state index in [1.807, 2.05) is 0 Å². The van der Waals surface area contributed by atoms with E-state index in [0.717, 1.165) is 57.8 Å². The summed E-state index contributed by atoms with van der Waals surface area (Å²) in [6.07, 6.45) is 34.1. The van der Waals surface area contributed by atoms with Crippen LogP contribution in [0.25, 0.3) is 0 Å². The third kappa shape index (κ3) is 34.0. The van der Waals surface area contributed by atoms with E-state index in [4.69, 9.17) is 18.5 Å². The number of phosphoric ester groups is 1. The number of hydrogen-bond donors (Lipinski definition) is 6. The molecule has 6 unspecified atom stereocenters. The lowest BCUT2D eigenvalue weighted by molar-refractivity contribution is -0.220. The zero-order chi connectivity index (χ0) is 48.5. The van der Waals surface area contributed by atoms with Gasteiger partial charge in [0, 0.05) is 12.8 Å². The van der Waals surface area contributed by atoms with Crippen molar-refractivity contribution in [1.29, 1.82) is 0 Å². The van der Waals surface area contributed by atoms with Gasteiger partial charge in [0.05, 0.1) is 6.61 Å². The first-order valence-corrected chi connectivity index (χ1v) is 28.5. The summed E-state index contributed by atoms with van der Waals surface area (Å²) in [5.41, 5.74) is 0. The second-order valence-corrected chi connectivity index (χ2v) is 20.5. The average molecular weight is 963 g/mol. The number of hydrogen-bond acceptors (Lipinski definition) is 12. The molecule has 0 spiro atoms. The van der Waals surface area contributed by atoms with Gasteiger partial charge in [0.1, 0.15) is 43.2 Å². The van der Waals surface area contributed by atoms with E-state index in [1.54, 1.807) is 0 Å². The molecule has 0 bridgehead atoms. The van der Waals surface area contributed by atoms with E-state index in [1.165, 1.54) is 154 Å². The largest absolute Gasteiger partial charge is 0.472 e. The molecule has 13 nitrogen and oxygen atoms in total. The Labute approximate surface area is 401 Å². The number of phosphoric acid groups is 1. The fourth-order valence-corrected chi connectivity index (χ4v) is 9.49. The maximum Gasteiger partial charge on any atom is 0.472 e. The SMILES string of the molecule is CCCCCCCC/C=C/CCCCCCCC(=O)O[C@@H](COC(=O)CCCCCCCCCCCCCCCCCCCCCCCC)COP(=O)(O)OC1C(O)C(O)C(O)[C@H](O)C1O. The van der Waals surface area contributed by atoms with E-state index in [-0.39, 0.29) is 12.8 Å². The molecule has 0 radical (unpaired) electrons.